The predicted molar refractivity (Wildman–Crippen MR) is 96.0 cm³/mol. The molecular formula is C20H26N4O. The van der Waals surface area contributed by atoms with Gasteiger partial charge in [0.05, 0.1) is 17.0 Å². The van der Waals surface area contributed by atoms with E-state index in [1.54, 1.807) is 12.3 Å². The van der Waals surface area contributed by atoms with Gasteiger partial charge in [0.25, 0.3) is 0 Å². The molecule has 1 amide bonds. The van der Waals surface area contributed by atoms with Crippen LogP contribution in [-0.4, -0.2) is 41.5 Å². The smallest absolute Gasteiger partial charge is 0.230 e. The molecule has 0 N–H and O–H groups in total. The van der Waals surface area contributed by atoms with Crippen LogP contribution in [-0.2, 0) is 4.79 Å². The van der Waals surface area contributed by atoms with E-state index in [9.17, 15) is 4.79 Å². The number of piperidine rings is 1. The Labute approximate surface area is 149 Å². The quantitative estimate of drug-likeness (QED) is 0.831. The van der Waals surface area contributed by atoms with E-state index < -0.39 is 0 Å². The lowest BCUT2D eigenvalue weighted by molar-refractivity contribution is -0.148. The third kappa shape index (κ3) is 2.99. The lowest BCUT2D eigenvalue weighted by Crippen LogP contribution is -2.54. The van der Waals surface area contributed by atoms with Crippen molar-refractivity contribution in [1.82, 2.24) is 9.88 Å². The molecule has 5 heteroatoms. The number of rotatable bonds is 2. The van der Waals surface area contributed by atoms with Gasteiger partial charge in [0, 0.05) is 31.9 Å². The number of pyridine rings is 1. The average molecular weight is 338 g/mol. The van der Waals surface area contributed by atoms with Crippen LogP contribution in [0.15, 0.2) is 18.3 Å². The topological polar surface area (TPSA) is 60.2 Å². The number of hydrogen-bond acceptors (Lipinski definition) is 4. The van der Waals surface area contributed by atoms with Crippen LogP contribution in [0.4, 0.5) is 5.82 Å². The van der Waals surface area contributed by atoms with E-state index in [0.29, 0.717) is 17.5 Å². The molecule has 5 nitrogen and oxygen atoms in total. The fourth-order valence-corrected chi connectivity index (χ4v) is 4.95. The highest BCUT2D eigenvalue weighted by atomic mass is 16.2. The molecule has 3 heterocycles. The van der Waals surface area contributed by atoms with Gasteiger partial charge in [-0.05, 0) is 44.2 Å². The fraction of sp³-hybridized carbons (Fsp3) is 0.650. The van der Waals surface area contributed by atoms with E-state index in [1.807, 2.05) is 6.07 Å². The van der Waals surface area contributed by atoms with Crippen LogP contribution >= 0.6 is 0 Å². The first-order valence-electron chi connectivity index (χ1n) is 9.64. The van der Waals surface area contributed by atoms with Crippen molar-refractivity contribution >= 4 is 11.7 Å². The van der Waals surface area contributed by atoms with Gasteiger partial charge in [-0.15, -0.1) is 0 Å². The van der Waals surface area contributed by atoms with Gasteiger partial charge in [0.15, 0.2) is 0 Å². The molecule has 0 unspecified atom stereocenters. The van der Waals surface area contributed by atoms with Crippen molar-refractivity contribution < 1.29 is 4.79 Å². The first kappa shape index (κ1) is 16.4. The van der Waals surface area contributed by atoms with E-state index in [-0.39, 0.29) is 5.41 Å². The van der Waals surface area contributed by atoms with E-state index in [0.717, 1.165) is 44.7 Å². The summed E-state index contributed by atoms with van der Waals surface area (Å²) in [6.45, 7) is 2.54. The van der Waals surface area contributed by atoms with Crippen LogP contribution < -0.4 is 4.90 Å². The molecule has 0 radical (unpaired) electrons. The van der Waals surface area contributed by atoms with E-state index in [1.165, 1.54) is 32.1 Å². The molecule has 1 saturated carbocycles. The Morgan fingerprint density at radius 1 is 1.16 bits per heavy atom. The zero-order valence-corrected chi connectivity index (χ0v) is 14.8. The summed E-state index contributed by atoms with van der Waals surface area (Å²) in [5, 5.41) is 9.11. The van der Waals surface area contributed by atoms with Crippen molar-refractivity contribution in [3.8, 4) is 6.07 Å². The number of carbonyl (C=O) groups excluding carboxylic acids is 1. The average Bonchev–Trinajstić information content (AvgIpc) is 3.10. The first-order chi connectivity index (χ1) is 12.2. The van der Waals surface area contributed by atoms with Crippen molar-refractivity contribution in [2.24, 2.45) is 5.41 Å². The largest absolute Gasteiger partial charge is 0.355 e. The molecule has 1 aromatic rings. The van der Waals surface area contributed by atoms with Crippen LogP contribution in [0.2, 0.25) is 0 Å². The number of nitriles is 1. The molecule has 3 fully saturated rings. The van der Waals surface area contributed by atoms with Gasteiger partial charge in [-0.3, -0.25) is 4.79 Å². The SMILES string of the molecule is N#Cc1ccnc(N2CC[C@]3(CCCN(C4CCCCC4)C3=O)C2)c1. The van der Waals surface area contributed by atoms with Gasteiger partial charge < -0.3 is 9.80 Å². The van der Waals surface area contributed by atoms with Gasteiger partial charge in [-0.2, -0.15) is 5.26 Å². The Morgan fingerprint density at radius 3 is 2.80 bits per heavy atom. The first-order valence-corrected chi connectivity index (χ1v) is 9.64. The van der Waals surface area contributed by atoms with Crippen molar-refractivity contribution in [1.29, 1.82) is 5.26 Å². The highest BCUT2D eigenvalue weighted by Gasteiger charge is 2.49. The number of amides is 1. The lowest BCUT2D eigenvalue weighted by atomic mass is 9.77. The molecule has 3 aliphatic rings. The van der Waals surface area contributed by atoms with E-state index in [4.69, 9.17) is 5.26 Å². The van der Waals surface area contributed by atoms with Crippen molar-refractivity contribution in [3.05, 3.63) is 23.9 Å². The number of carbonyl (C=O) groups is 1. The summed E-state index contributed by atoms with van der Waals surface area (Å²) < 4.78 is 0. The van der Waals surface area contributed by atoms with Gasteiger partial charge in [0.1, 0.15) is 5.82 Å². The fourth-order valence-electron chi connectivity index (χ4n) is 4.95. The number of hydrogen-bond donors (Lipinski definition) is 0. The second-order valence-corrected chi connectivity index (χ2v) is 7.86. The van der Waals surface area contributed by atoms with Crippen molar-refractivity contribution in [2.45, 2.75) is 57.4 Å². The number of likely N-dealkylation sites (tertiary alicyclic amines) is 1. The Bertz CT molecular complexity index is 691. The summed E-state index contributed by atoms with van der Waals surface area (Å²) >= 11 is 0. The standard InChI is InChI=1S/C20H26N4O/c21-14-16-7-10-22-18(13-16)23-12-9-20(15-23)8-4-11-24(19(20)25)17-5-2-1-3-6-17/h7,10,13,17H,1-6,8-9,11-12,15H2/t20-/m1/s1. The molecule has 2 aliphatic heterocycles. The minimum Gasteiger partial charge on any atom is -0.355 e. The summed E-state index contributed by atoms with van der Waals surface area (Å²) in [7, 11) is 0. The zero-order valence-electron chi connectivity index (χ0n) is 14.8. The molecule has 1 spiro atoms. The number of nitrogens with zero attached hydrogens (tertiary/aromatic N) is 4. The van der Waals surface area contributed by atoms with E-state index >= 15 is 0 Å². The third-order valence-electron chi connectivity index (χ3n) is 6.34. The number of anilines is 1. The molecule has 25 heavy (non-hydrogen) atoms. The summed E-state index contributed by atoms with van der Waals surface area (Å²) in [6, 6.07) is 6.21. The lowest BCUT2D eigenvalue weighted by Gasteiger charge is -2.44. The van der Waals surface area contributed by atoms with Gasteiger partial charge >= 0.3 is 0 Å². The van der Waals surface area contributed by atoms with Gasteiger partial charge in [-0.25, -0.2) is 4.98 Å². The second kappa shape index (κ2) is 6.67. The molecule has 0 aromatic carbocycles. The maximum Gasteiger partial charge on any atom is 0.230 e. The zero-order chi connectivity index (χ0) is 17.3. The minimum absolute atomic E-state index is 0.236. The Balaban J connectivity index is 1.51. The maximum atomic E-state index is 13.4. The van der Waals surface area contributed by atoms with Crippen LogP contribution in [0, 0.1) is 16.7 Å². The number of aromatic nitrogens is 1. The Hall–Kier alpha value is -2.09. The van der Waals surface area contributed by atoms with Crippen LogP contribution in [0.3, 0.4) is 0 Å². The molecule has 4 rings (SSSR count). The predicted octanol–water partition coefficient (Wildman–Crippen LogP) is 3.10. The summed E-state index contributed by atoms with van der Waals surface area (Å²) in [5.74, 6) is 1.21. The van der Waals surface area contributed by atoms with E-state index in [2.05, 4.69) is 20.9 Å². The van der Waals surface area contributed by atoms with Crippen molar-refractivity contribution in [2.75, 3.05) is 24.5 Å². The summed E-state index contributed by atoms with van der Waals surface area (Å²) in [5.41, 5.74) is 0.393. The van der Waals surface area contributed by atoms with Crippen LogP contribution in [0.5, 0.6) is 0 Å². The Morgan fingerprint density at radius 2 is 2.00 bits per heavy atom. The van der Waals surface area contributed by atoms with Crippen molar-refractivity contribution in [3.63, 3.8) is 0 Å². The molecule has 0 bridgehead atoms. The monoisotopic (exact) mass is 338 g/mol. The molecule has 132 valence electrons. The molecule has 1 atom stereocenters. The minimum atomic E-state index is -0.236. The highest BCUT2D eigenvalue weighted by molar-refractivity contribution is 5.85. The summed E-state index contributed by atoms with van der Waals surface area (Å²) in [4.78, 5) is 22.2. The van der Waals surface area contributed by atoms with Crippen LogP contribution in [0.25, 0.3) is 0 Å². The van der Waals surface area contributed by atoms with Gasteiger partial charge in [-0.1, -0.05) is 19.3 Å². The molecule has 2 saturated heterocycles. The molecule has 1 aromatic heterocycles. The third-order valence-corrected chi connectivity index (χ3v) is 6.34. The maximum absolute atomic E-state index is 13.4. The Kier molecular flexibility index (Phi) is 4.37. The summed E-state index contributed by atoms with van der Waals surface area (Å²) in [6.07, 6.45) is 10.9. The second-order valence-electron chi connectivity index (χ2n) is 7.86. The normalized spacial score (nSPS) is 27.7. The van der Waals surface area contributed by atoms with Crippen LogP contribution in [0.1, 0.15) is 56.9 Å². The van der Waals surface area contributed by atoms with Gasteiger partial charge in [0.2, 0.25) is 5.91 Å². The highest BCUT2D eigenvalue weighted by Crippen LogP contribution is 2.42. The molecule has 1 aliphatic carbocycles. The molecular weight excluding hydrogens is 312 g/mol.